The van der Waals surface area contributed by atoms with Gasteiger partial charge in [-0.25, -0.2) is 22.2 Å². The van der Waals surface area contributed by atoms with Crippen LogP contribution < -0.4 is 15.8 Å². The predicted molar refractivity (Wildman–Crippen MR) is 160 cm³/mol. The van der Waals surface area contributed by atoms with Crippen LogP contribution in [0.25, 0.3) is 44.7 Å². The van der Waals surface area contributed by atoms with Gasteiger partial charge in [0.05, 0.1) is 23.1 Å². The summed E-state index contributed by atoms with van der Waals surface area (Å²) in [6.45, 7) is 0. The maximum atomic E-state index is 14.3. The van der Waals surface area contributed by atoms with Crippen molar-refractivity contribution in [1.82, 2.24) is 4.98 Å². The maximum absolute atomic E-state index is 14.3. The Hall–Kier alpha value is -5.23. The zero-order valence-corrected chi connectivity index (χ0v) is 23.7. The summed E-state index contributed by atoms with van der Waals surface area (Å²) in [5.74, 6) is -1.41. The van der Waals surface area contributed by atoms with Gasteiger partial charge in [0.15, 0.2) is 11.4 Å². The fourth-order valence-electron chi connectivity index (χ4n) is 4.97. The van der Waals surface area contributed by atoms with E-state index in [1.165, 1.54) is 37.4 Å². The fraction of sp³-hybridized carbons (Fsp3) is 0.0968. The lowest BCUT2D eigenvalue weighted by Crippen LogP contribution is -2.25. The maximum Gasteiger partial charge on any atom is 0.252 e. The molecule has 6 rings (SSSR count). The minimum absolute atomic E-state index is 0.0411. The number of hydrogen-bond acceptors (Lipinski definition) is 7. The molecule has 2 heterocycles. The van der Waals surface area contributed by atoms with Gasteiger partial charge in [-0.2, -0.15) is 0 Å². The molecule has 0 radical (unpaired) electrons. The number of primary amides is 1. The number of sulfonamides is 1. The number of hydrogen-bond donors (Lipinski definition) is 2. The summed E-state index contributed by atoms with van der Waals surface area (Å²) in [5.41, 5.74) is 15.1. The van der Waals surface area contributed by atoms with Crippen LogP contribution in [0, 0.1) is 11.6 Å². The van der Waals surface area contributed by atoms with Gasteiger partial charge in [-0.1, -0.05) is 24.3 Å². The average Bonchev–Trinajstić information content (AvgIpc) is 3.55. The lowest BCUT2D eigenvalue weighted by atomic mass is 9.97. The monoisotopic (exact) mass is 602 g/mol. The minimum atomic E-state index is -3.75. The summed E-state index contributed by atoms with van der Waals surface area (Å²) in [6.07, 6.45) is 1.19. The van der Waals surface area contributed by atoms with Crippen molar-refractivity contribution in [3.63, 3.8) is 0 Å². The van der Waals surface area contributed by atoms with Crippen molar-refractivity contribution in [2.75, 3.05) is 23.3 Å². The van der Waals surface area contributed by atoms with Crippen LogP contribution >= 0.6 is 0 Å². The first kappa shape index (κ1) is 27.9. The van der Waals surface area contributed by atoms with Gasteiger partial charge >= 0.3 is 0 Å². The second-order valence-corrected chi connectivity index (χ2v) is 12.1. The number of nitrogen functional groups attached to an aromatic ring is 1. The first-order valence-corrected chi connectivity index (χ1v) is 14.8. The van der Waals surface area contributed by atoms with E-state index in [0.29, 0.717) is 27.6 Å². The average molecular weight is 603 g/mol. The van der Waals surface area contributed by atoms with Gasteiger partial charge in [-0.05, 0) is 53.6 Å². The summed E-state index contributed by atoms with van der Waals surface area (Å²) in [7, 11) is -2.36. The van der Waals surface area contributed by atoms with E-state index in [4.69, 9.17) is 20.3 Å². The number of nitrogens with zero attached hydrogens (tertiary/aromatic N) is 2. The summed E-state index contributed by atoms with van der Waals surface area (Å²) in [6, 6.07) is 18.1. The van der Waals surface area contributed by atoms with Crippen molar-refractivity contribution >= 4 is 49.4 Å². The highest BCUT2D eigenvalue weighted by Gasteiger charge is 2.25. The van der Waals surface area contributed by atoms with Gasteiger partial charge in [0.25, 0.3) is 5.91 Å². The number of oxazole rings is 1. The number of halogens is 2. The van der Waals surface area contributed by atoms with Gasteiger partial charge in [-0.3, -0.25) is 9.10 Å². The van der Waals surface area contributed by atoms with E-state index in [2.05, 4.69) is 4.98 Å². The molecular weight excluding hydrogens is 578 g/mol. The largest absolute Gasteiger partial charge is 0.460 e. The molecule has 12 heteroatoms. The van der Waals surface area contributed by atoms with Crippen LogP contribution in [0.2, 0.25) is 0 Å². The van der Waals surface area contributed by atoms with Crippen molar-refractivity contribution in [3.8, 4) is 22.6 Å². The van der Waals surface area contributed by atoms with Gasteiger partial charge in [0.2, 0.25) is 15.9 Å². The fourth-order valence-corrected chi connectivity index (χ4v) is 5.48. The number of rotatable bonds is 7. The Morgan fingerprint density at radius 2 is 1.70 bits per heavy atom. The van der Waals surface area contributed by atoms with Gasteiger partial charge in [0.1, 0.15) is 22.7 Å². The van der Waals surface area contributed by atoms with Crippen molar-refractivity contribution in [2.24, 2.45) is 5.73 Å². The Morgan fingerprint density at radius 1 is 0.953 bits per heavy atom. The van der Waals surface area contributed by atoms with Gasteiger partial charge in [-0.15, -0.1) is 0 Å². The van der Waals surface area contributed by atoms with Crippen LogP contribution in [-0.4, -0.2) is 32.6 Å². The van der Waals surface area contributed by atoms with E-state index in [0.717, 1.165) is 10.6 Å². The van der Waals surface area contributed by atoms with E-state index in [-0.39, 0.29) is 51.7 Å². The summed E-state index contributed by atoms with van der Waals surface area (Å²) in [4.78, 5) is 17.0. The quantitative estimate of drug-likeness (QED) is 0.218. The molecule has 0 fully saturated rings. The number of para-hydroxylation sites is 1. The highest BCUT2D eigenvalue weighted by Crippen LogP contribution is 2.41. The Labute approximate surface area is 244 Å². The molecule has 0 aliphatic carbocycles. The lowest BCUT2D eigenvalue weighted by molar-refractivity contribution is 0.1000. The number of aromatic nitrogens is 1. The van der Waals surface area contributed by atoms with E-state index < -0.39 is 27.6 Å². The number of anilines is 2. The van der Waals surface area contributed by atoms with Gasteiger partial charge in [0, 0.05) is 36.2 Å². The first-order valence-electron chi connectivity index (χ1n) is 12.9. The van der Waals surface area contributed by atoms with E-state index >= 15 is 0 Å². The van der Waals surface area contributed by atoms with Crippen LogP contribution in [0.4, 0.5) is 20.2 Å². The standard InChI is InChI=1S/C31H24F2N4O5S/c1-37(43(2,39)40)24-15-26-21(28(30(35)38)27(41-26)12-16-6-9-18(32)10-7-16)14-19(24)17-8-11-23(34)20(13-17)31-36-29-22(33)4-3-5-25(29)42-31/h3-11,13-15H,12,34H2,1-2H3,(H2,35,38). The normalized spacial score (nSPS) is 11.8. The Morgan fingerprint density at radius 3 is 2.37 bits per heavy atom. The Bertz CT molecular complexity index is 2170. The van der Waals surface area contributed by atoms with Crippen molar-refractivity contribution < 1.29 is 30.8 Å². The minimum Gasteiger partial charge on any atom is -0.460 e. The molecule has 0 aliphatic heterocycles. The highest BCUT2D eigenvalue weighted by atomic mass is 32.2. The molecule has 9 nitrogen and oxygen atoms in total. The molecule has 0 spiro atoms. The predicted octanol–water partition coefficient (Wildman–Crippen LogP) is 5.85. The molecule has 4 N–H and O–H groups in total. The smallest absolute Gasteiger partial charge is 0.252 e. The Balaban J connectivity index is 1.57. The summed E-state index contributed by atoms with van der Waals surface area (Å²) >= 11 is 0. The molecule has 0 saturated heterocycles. The van der Waals surface area contributed by atoms with Gasteiger partial charge < -0.3 is 20.3 Å². The molecule has 0 atom stereocenters. The SMILES string of the molecule is CN(c1cc2oc(Cc3ccc(F)cc3)c(C(N)=O)c2cc1-c1ccc(N)c(-c2nc3c(F)cccc3o2)c1)S(C)(=O)=O. The molecular formula is C31H24F2N4O5S. The zero-order chi connectivity index (χ0) is 30.6. The number of carbonyl (C=O) groups excluding carboxylic acids is 1. The molecule has 6 aromatic rings. The number of carbonyl (C=O) groups is 1. The second-order valence-electron chi connectivity index (χ2n) is 10.1. The molecule has 4 aromatic carbocycles. The van der Waals surface area contributed by atoms with E-state index in [9.17, 15) is 22.0 Å². The second kappa shape index (κ2) is 10.2. The molecule has 218 valence electrons. The third-order valence-corrected chi connectivity index (χ3v) is 8.40. The van der Waals surface area contributed by atoms with E-state index in [1.807, 2.05) is 0 Å². The van der Waals surface area contributed by atoms with Crippen LogP contribution in [0.1, 0.15) is 21.7 Å². The number of fused-ring (bicyclic) bond motifs is 2. The van der Waals surface area contributed by atoms with Crippen LogP contribution in [0.15, 0.2) is 81.6 Å². The Kier molecular flexibility index (Phi) is 6.65. The third-order valence-electron chi connectivity index (χ3n) is 7.20. The third kappa shape index (κ3) is 5.06. The summed E-state index contributed by atoms with van der Waals surface area (Å²) in [5, 5.41) is 0.354. The van der Waals surface area contributed by atoms with Crippen molar-refractivity contribution in [1.29, 1.82) is 0 Å². The summed E-state index contributed by atoms with van der Waals surface area (Å²) < 4.78 is 66.1. The number of furan rings is 1. The lowest BCUT2D eigenvalue weighted by Gasteiger charge is -2.21. The molecule has 1 amide bonds. The van der Waals surface area contributed by atoms with Crippen LogP contribution in [-0.2, 0) is 16.4 Å². The zero-order valence-electron chi connectivity index (χ0n) is 22.9. The molecule has 2 aromatic heterocycles. The molecule has 0 aliphatic rings. The number of nitrogens with two attached hydrogens (primary N) is 2. The molecule has 0 saturated carbocycles. The van der Waals surface area contributed by atoms with Crippen LogP contribution in [0.5, 0.6) is 0 Å². The van der Waals surface area contributed by atoms with E-state index in [1.54, 1.807) is 42.5 Å². The number of benzene rings is 4. The molecule has 0 bridgehead atoms. The first-order chi connectivity index (χ1) is 20.4. The highest BCUT2D eigenvalue weighted by molar-refractivity contribution is 7.92. The molecule has 43 heavy (non-hydrogen) atoms. The van der Waals surface area contributed by atoms with Crippen LogP contribution in [0.3, 0.4) is 0 Å². The number of amides is 1. The van der Waals surface area contributed by atoms with Crippen molar-refractivity contribution in [3.05, 3.63) is 101 Å². The molecule has 0 unspecified atom stereocenters. The topological polar surface area (TPSA) is 146 Å². The van der Waals surface area contributed by atoms with Crippen molar-refractivity contribution in [2.45, 2.75) is 6.42 Å².